The van der Waals surface area contributed by atoms with E-state index in [0.29, 0.717) is 11.3 Å². The van der Waals surface area contributed by atoms with E-state index in [0.717, 1.165) is 20.6 Å². The van der Waals surface area contributed by atoms with Crippen molar-refractivity contribution in [2.45, 2.75) is 54.0 Å². The highest BCUT2D eigenvalue weighted by Gasteiger charge is 2.29. The van der Waals surface area contributed by atoms with Crippen molar-refractivity contribution in [1.82, 2.24) is 18.2 Å². The van der Waals surface area contributed by atoms with Crippen molar-refractivity contribution in [2.24, 2.45) is 5.41 Å². The van der Waals surface area contributed by atoms with E-state index < -0.39 is 5.69 Å². The van der Waals surface area contributed by atoms with Crippen LogP contribution >= 0.6 is 12.8 Å². The smallest absolute Gasteiger partial charge is 0.310 e. The van der Waals surface area contributed by atoms with Gasteiger partial charge in [0, 0.05) is 17.3 Å². The lowest BCUT2D eigenvalue weighted by atomic mass is 9.82. The van der Waals surface area contributed by atoms with Crippen molar-refractivity contribution in [3.8, 4) is 0 Å². The molecule has 2 aromatic heterocycles. The Morgan fingerprint density at radius 3 is 2.38 bits per heavy atom. The van der Waals surface area contributed by atoms with Crippen LogP contribution in [0, 0.1) is 19.3 Å². The number of fused-ring (bicyclic) bond motifs is 1. The molecule has 0 aliphatic carbocycles. The van der Waals surface area contributed by atoms with Crippen LogP contribution in [0.5, 0.6) is 0 Å². The van der Waals surface area contributed by atoms with E-state index in [1.54, 1.807) is 6.92 Å². The summed E-state index contributed by atoms with van der Waals surface area (Å²) in [5.74, 6) is 0.345. The quantitative estimate of drug-likeness (QED) is 0.882. The normalized spacial score (nSPS) is 13.9. The molecule has 0 amide bonds. The number of hydrogen-bond donors (Lipinski definition) is 1. The van der Waals surface area contributed by atoms with Crippen LogP contribution in [0.1, 0.15) is 51.4 Å². The third kappa shape index (κ3) is 2.23. The molecular weight excluding hydrogens is 288 g/mol. The first-order valence-electron chi connectivity index (χ1n) is 7.06. The average Bonchev–Trinajstić information content (AvgIpc) is 2.72. The standard InChI is InChI=1S/C14H22N4O2S/c1-7-14(5,6)10(4)16-9(3)8(2)11(19)17-12(16)15-18(21)13(17)20/h10,21H,7H2,1-6H3. The molecule has 0 bridgehead atoms. The highest BCUT2D eigenvalue weighted by Crippen LogP contribution is 2.35. The predicted octanol–water partition coefficient (Wildman–Crippen LogP) is 1.96. The summed E-state index contributed by atoms with van der Waals surface area (Å²) < 4.78 is 3.98. The van der Waals surface area contributed by atoms with Crippen molar-refractivity contribution >= 4 is 18.6 Å². The second-order valence-electron chi connectivity index (χ2n) is 6.21. The number of hydrogen-bond acceptors (Lipinski definition) is 4. The Morgan fingerprint density at radius 2 is 1.86 bits per heavy atom. The maximum Gasteiger partial charge on any atom is 0.364 e. The van der Waals surface area contributed by atoms with Crippen molar-refractivity contribution in [3.05, 3.63) is 32.1 Å². The maximum absolute atomic E-state index is 12.3. The van der Waals surface area contributed by atoms with Crippen LogP contribution in [0.25, 0.3) is 5.78 Å². The van der Waals surface area contributed by atoms with Crippen LogP contribution in [0.15, 0.2) is 9.59 Å². The Kier molecular flexibility index (Phi) is 3.82. The Morgan fingerprint density at radius 1 is 1.29 bits per heavy atom. The fourth-order valence-corrected chi connectivity index (χ4v) is 2.61. The van der Waals surface area contributed by atoms with E-state index in [1.807, 2.05) is 11.5 Å². The zero-order valence-electron chi connectivity index (χ0n) is 13.3. The van der Waals surface area contributed by atoms with Gasteiger partial charge >= 0.3 is 5.69 Å². The van der Waals surface area contributed by atoms with E-state index in [2.05, 4.69) is 45.6 Å². The lowest BCUT2D eigenvalue weighted by Gasteiger charge is -2.34. The minimum atomic E-state index is -0.531. The van der Waals surface area contributed by atoms with Gasteiger partial charge in [-0.1, -0.05) is 20.8 Å². The summed E-state index contributed by atoms with van der Waals surface area (Å²) in [6.07, 6.45) is 0.969. The van der Waals surface area contributed by atoms with Gasteiger partial charge in [-0.2, -0.15) is 8.49 Å². The SMILES string of the molecule is CCC(C)(C)C(C)n1c(C)c(C)c(=O)n2c(=O)n(S)nc12. The third-order valence-electron chi connectivity index (χ3n) is 4.82. The topological polar surface area (TPSA) is 61.3 Å². The Labute approximate surface area is 128 Å². The van der Waals surface area contributed by atoms with Crippen LogP contribution in [0.4, 0.5) is 0 Å². The Hall–Kier alpha value is -1.50. The van der Waals surface area contributed by atoms with Gasteiger partial charge in [-0.25, -0.2) is 4.79 Å². The molecule has 6 nitrogen and oxygen atoms in total. The molecule has 2 heterocycles. The van der Waals surface area contributed by atoms with Gasteiger partial charge in [0.2, 0.25) is 5.78 Å². The fourth-order valence-electron chi connectivity index (χ4n) is 2.44. The predicted molar refractivity (Wildman–Crippen MR) is 86.4 cm³/mol. The summed E-state index contributed by atoms with van der Waals surface area (Å²) in [4.78, 5) is 24.4. The second-order valence-corrected chi connectivity index (χ2v) is 6.59. The molecule has 0 saturated carbocycles. The van der Waals surface area contributed by atoms with Crippen LogP contribution in [0.2, 0.25) is 0 Å². The van der Waals surface area contributed by atoms with Gasteiger partial charge < -0.3 is 4.57 Å². The minimum Gasteiger partial charge on any atom is -0.310 e. The summed E-state index contributed by atoms with van der Waals surface area (Å²) in [5.41, 5.74) is 0.538. The zero-order chi connectivity index (χ0) is 16.1. The Balaban J connectivity index is 2.96. The van der Waals surface area contributed by atoms with Crippen molar-refractivity contribution in [2.75, 3.05) is 0 Å². The Bertz CT molecular complexity index is 813. The number of aromatic nitrogens is 4. The van der Waals surface area contributed by atoms with Crippen molar-refractivity contribution in [1.29, 1.82) is 0 Å². The first-order valence-corrected chi connectivity index (χ1v) is 7.46. The van der Waals surface area contributed by atoms with E-state index >= 15 is 0 Å². The molecule has 0 aromatic carbocycles. The van der Waals surface area contributed by atoms with Crippen LogP contribution < -0.4 is 11.2 Å². The second kappa shape index (κ2) is 5.05. The molecule has 0 radical (unpaired) electrons. The number of nitrogens with zero attached hydrogens (tertiary/aromatic N) is 4. The van der Waals surface area contributed by atoms with E-state index in [9.17, 15) is 9.59 Å². The summed E-state index contributed by atoms with van der Waals surface area (Å²) in [6.45, 7) is 12.2. The molecule has 1 unspecified atom stereocenters. The largest absolute Gasteiger partial charge is 0.364 e. The average molecular weight is 310 g/mol. The third-order valence-corrected chi connectivity index (χ3v) is 5.08. The molecule has 21 heavy (non-hydrogen) atoms. The van der Waals surface area contributed by atoms with Gasteiger partial charge in [0.25, 0.3) is 5.56 Å². The van der Waals surface area contributed by atoms with E-state index in [4.69, 9.17) is 0 Å². The molecule has 0 fully saturated rings. The van der Waals surface area contributed by atoms with Crippen molar-refractivity contribution in [3.63, 3.8) is 0 Å². The molecular formula is C14H22N4O2S. The number of rotatable bonds is 3. The minimum absolute atomic E-state index is 0.00316. The maximum atomic E-state index is 12.3. The molecule has 2 aromatic rings. The molecule has 116 valence electrons. The van der Waals surface area contributed by atoms with Gasteiger partial charge in [-0.05, 0) is 45.4 Å². The summed E-state index contributed by atoms with van der Waals surface area (Å²) in [6, 6.07) is 0.0828. The monoisotopic (exact) mass is 310 g/mol. The molecule has 2 rings (SSSR count). The molecule has 0 N–H and O–H groups in total. The van der Waals surface area contributed by atoms with Gasteiger partial charge in [-0.3, -0.25) is 4.79 Å². The lowest BCUT2D eigenvalue weighted by molar-refractivity contribution is 0.223. The molecule has 0 saturated heterocycles. The number of thiol groups is 1. The molecule has 0 aliphatic rings. The molecule has 1 atom stereocenters. The summed E-state index contributed by atoms with van der Waals surface area (Å²) in [5, 5.41) is 4.14. The molecule has 0 spiro atoms. The first-order chi connectivity index (χ1) is 9.63. The van der Waals surface area contributed by atoms with Gasteiger partial charge in [0.15, 0.2) is 0 Å². The zero-order valence-corrected chi connectivity index (χ0v) is 14.2. The van der Waals surface area contributed by atoms with Gasteiger partial charge in [0.05, 0.1) is 0 Å². The summed E-state index contributed by atoms with van der Waals surface area (Å²) >= 11 is 4.00. The molecule has 7 heteroatoms. The van der Waals surface area contributed by atoms with E-state index in [1.165, 1.54) is 0 Å². The van der Waals surface area contributed by atoms with E-state index in [-0.39, 0.29) is 17.0 Å². The highest BCUT2D eigenvalue weighted by molar-refractivity contribution is 7.78. The summed E-state index contributed by atoms with van der Waals surface area (Å²) in [7, 11) is 0. The van der Waals surface area contributed by atoms with Gasteiger partial charge in [-0.15, -0.1) is 5.10 Å². The van der Waals surface area contributed by atoms with Gasteiger partial charge in [0.1, 0.15) is 0 Å². The van der Waals surface area contributed by atoms with Crippen LogP contribution in [0.3, 0.4) is 0 Å². The van der Waals surface area contributed by atoms with Crippen molar-refractivity contribution < 1.29 is 0 Å². The molecule has 0 aliphatic heterocycles. The fraction of sp³-hybridized carbons (Fsp3) is 0.643. The highest BCUT2D eigenvalue weighted by atomic mass is 32.1. The van der Waals surface area contributed by atoms with Crippen LogP contribution in [-0.2, 0) is 0 Å². The lowest BCUT2D eigenvalue weighted by Crippen LogP contribution is -2.34. The van der Waals surface area contributed by atoms with Crippen LogP contribution in [-0.4, -0.2) is 18.2 Å². The first kappa shape index (κ1) is 15.9.